The van der Waals surface area contributed by atoms with E-state index in [9.17, 15) is 4.39 Å². The third kappa shape index (κ3) is 5.15. The zero-order valence-corrected chi connectivity index (χ0v) is 16.7. The van der Waals surface area contributed by atoms with Crippen molar-refractivity contribution in [2.75, 3.05) is 25.5 Å². The average Bonchev–Trinajstić information content (AvgIpc) is 3.23. The van der Waals surface area contributed by atoms with Gasteiger partial charge in [0.15, 0.2) is 0 Å². The van der Waals surface area contributed by atoms with E-state index in [1.54, 1.807) is 25.4 Å². The Balaban J connectivity index is 1.40. The fraction of sp³-hybridized carbons (Fsp3) is 0.348. The number of anilines is 1. The normalized spacial score (nSPS) is 17.2. The van der Waals surface area contributed by atoms with E-state index in [0.717, 1.165) is 49.5 Å². The molecule has 2 heterocycles. The van der Waals surface area contributed by atoms with Gasteiger partial charge in [0.2, 0.25) is 0 Å². The summed E-state index contributed by atoms with van der Waals surface area (Å²) >= 11 is 0. The molecule has 6 heteroatoms. The van der Waals surface area contributed by atoms with Gasteiger partial charge in [0, 0.05) is 42.8 Å². The lowest BCUT2D eigenvalue weighted by molar-refractivity contribution is 0.208. The lowest BCUT2D eigenvalue weighted by atomic mass is 10.0. The standard InChI is InChI=1S/C23H27FN4O/c1-29-23-10-5-18(14-19(23)16-28-13-3-11-25-28)15-27-12-2-4-22(17-27)26-21-8-6-20(24)7-9-21/h3,5-11,13-14,22,26H,2,4,12,15-17H2,1H3/t22-/m0/s1. The predicted molar refractivity (Wildman–Crippen MR) is 113 cm³/mol. The summed E-state index contributed by atoms with van der Waals surface area (Å²) in [5, 5.41) is 7.85. The minimum Gasteiger partial charge on any atom is -0.496 e. The molecule has 0 aliphatic carbocycles. The van der Waals surface area contributed by atoms with Crippen LogP contribution in [-0.4, -0.2) is 40.9 Å². The molecular formula is C23H27FN4O. The quantitative estimate of drug-likeness (QED) is 0.654. The fourth-order valence-corrected chi connectivity index (χ4v) is 3.98. The van der Waals surface area contributed by atoms with Crippen LogP contribution in [0, 0.1) is 5.82 Å². The maximum absolute atomic E-state index is 13.1. The molecular weight excluding hydrogens is 367 g/mol. The number of nitrogens with one attached hydrogen (secondary N) is 1. The Morgan fingerprint density at radius 3 is 2.79 bits per heavy atom. The van der Waals surface area contributed by atoms with Crippen molar-refractivity contribution in [2.24, 2.45) is 0 Å². The molecule has 0 unspecified atom stereocenters. The highest BCUT2D eigenvalue weighted by Crippen LogP contribution is 2.23. The van der Waals surface area contributed by atoms with Gasteiger partial charge in [0.25, 0.3) is 0 Å². The van der Waals surface area contributed by atoms with Crippen molar-refractivity contribution >= 4 is 5.69 Å². The van der Waals surface area contributed by atoms with E-state index in [-0.39, 0.29) is 5.82 Å². The molecule has 5 nitrogen and oxygen atoms in total. The van der Waals surface area contributed by atoms with Crippen molar-refractivity contribution in [1.29, 1.82) is 0 Å². The van der Waals surface area contributed by atoms with Crippen LogP contribution in [0.3, 0.4) is 0 Å². The Bertz CT molecular complexity index is 911. The van der Waals surface area contributed by atoms with Crippen molar-refractivity contribution in [3.8, 4) is 5.75 Å². The Morgan fingerprint density at radius 2 is 2.03 bits per heavy atom. The van der Waals surface area contributed by atoms with Crippen LogP contribution in [0.4, 0.5) is 10.1 Å². The molecule has 0 spiro atoms. The minimum absolute atomic E-state index is 0.203. The summed E-state index contributed by atoms with van der Waals surface area (Å²) in [7, 11) is 1.71. The van der Waals surface area contributed by atoms with Crippen molar-refractivity contribution < 1.29 is 9.13 Å². The third-order valence-corrected chi connectivity index (χ3v) is 5.36. The number of hydrogen-bond acceptors (Lipinski definition) is 4. The van der Waals surface area contributed by atoms with Crippen LogP contribution in [0.5, 0.6) is 5.75 Å². The molecule has 0 radical (unpaired) electrons. The second-order valence-electron chi connectivity index (χ2n) is 7.58. The Kier molecular flexibility index (Phi) is 6.10. The first kappa shape index (κ1) is 19.5. The van der Waals surface area contributed by atoms with Crippen LogP contribution < -0.4 is 10.1 Å². The van der Waals surface area contributed by atoms with E-state index in [2.05, 4.69) is 27.4 Å². The molecule has 0 bridgehead atoms. The minimum atomic E-state index is -0.203. The van der Waals surface area contributed by atoms with Crippen molar-refractivity contribution in [3.63, 3.8) is 0 Å². The van der Waals surface area contributed by atoms with Gasteiger partial charge in [-0.2, -0.15) is 5.10 Å². The number of piperidine rings is 1. The summed E-state index contributed by atoms with van der Waals surface area (Å²) < 4.78 is 20.6. The van der Waals surface area contributed by atoms with Crippen molar-refractivity contribution in [2.45, 2.75) is 32.0 Å². The summed E-state index contributed by atoms with van der Waals surface area (Å²) in [5.74, 6) is 0.685. The number of ether oxygens (including phenoxy) is 1. The number of aromatic nitrogens is 2. The van der Waals surface area contributed by atoms with Crippen LogP contribution in [-0.2, 0) is 13.1 Å². The van der Waals surface area contributed by atoms with Crippen LogP contribution in [0.25, 0.3) is 0 Å². The van der Waals surface area contributed by atoms with E-state index >= 15 is 0 Å². The second kappa shape index (κ2) is 9.09. The molecule has 4 rings (SSSR count). The molecule has 152 valence electrons. The molecule has 1 saturated heterocycles. The fourth-order valence-electron chi connectivity index (χ4n) is 3.98. The highest BCUT2D eigenvalue weighted by atomic mass is 19.1. The third-order valence-electron chi connectivity index (χ3n) is 5.36. The number of methoxy groups -OCH3 is 1. The van der Waals surface area contributed by atoms with Gasteiger partial charge in [-0.3, -0.25) is 9.58 Å². The molecule has 1 aliphatic heterocycles. The molecule has 1 fully saturated rings. The summed E-state index contributed by atoms with van der Waals surface area (Å²) in [6.07, 6.45) is 6.02. The monoisotopic (exact) mass is 394 g/mol. The maximum atomic E-state index is 13.1. The first-order valence-corrected chi connectivity index (χ1v) is 10.1. The first-order chi connectivity index (χ1) is 14.2. The van der Waals surface area contributed by atoms with Gasteiger partial charge in [-0.25, -0.2) is 4.39 Å². The molecule has 1 aromatic heterocycles. The molecule has 1 aliphatic rings. The van der Waals surface area contributed by atoms with Gasteiger partial charge in [-0.05, 0) is 67.4 Å². The van der Waals surface area contributed by atoms with E-state index in [1.807, 2.05) is 23.0 Å². The number of likely N-dealkylation sites (tertiary alicyclic amines) is 1. The smallest absolute Gasteiger partial charge is 0.123 e. The van der Waals surface area contributed by atoms with E-state index in [4.69, 9.17) is 4.74 Å². The zero-order chi connectivity index (χ0) is 20.1. The molecule has 29 heavy (non-hydrogen) atoms. The first-order valence-electron chi connectivity index (χ1n) is 10.1. The molecule has 2 aromatic carbocycles. The van der Waals surface area contributed by atoms with Gasteiger partial charge in [0.1, 0.15) is 11.6 Å². The Morgan fingerprint density at radius 1 is 1.17 bits per heavy atom. The van der Waals surface area contributed by atoms with Crippen molar-refractivity contribution in [1.82, 2.24) is 14.7 Å². The maximum Gasteiger partial charge on any atom is 0.123 e. The number of nitrogens with zero attached hydrogens (tertiary/aromatic N) is 3. The lowest BCUT2D eigenvalue weighted by Gasteiger charge is -2.33. The largest absolute Gasteiger partial charge is 0.496 e. The Hall–Kier alpha value is -2.86. The van der Waals surface area contributed by atoms with Crippen molar-refractivity contribution in [3.05, 3.63) is 77.9 Å². The number of rotatable bonds is 7. The van der Waals surface area contributed by atoms with E-state index in [1.165, 1.54) is 17.7 Å². The topological polar surface area (TPSA) is 42.3 Å². The summed E-state index contributed by atoms with van der Waals surface area (Å²) in [6.45, 7) is 3.65. The molecule has 0 saturated carbocycles. The molecule has 0 amide bonds. The highest BCUT2D eigenvalue weighted by molar-refractivity contribution is 5.44. The summed E-state index contributed by atoms with van der Waals surface area (Å²) in [5.41, 5.74) is 3.38. The zero-order valence-electron chi connectivity index (χ0n) is 16.7. The predicted octanol–water partition coefficient (Wildman–Crippen LogP) is 4.16. The van der Waals surface area contributed by atoms with Gasteiger partial charge in [-0.1, -0.05) is 6.07 Å². The number of hydrogen-bond donors (Lipinski definition) is 1. The summed E-state index contributed by atoms with van der Waals surface area (Å²) in [6, 6.07) is 15.3. The van der Waals surface area contributed by atoms with Crippen LogP contribution in [0.1, 0.15) is 24.0 Å². The van der Waals surface area contributed by atoms with Gasteiger partial charge >= 0.3 is 0 Å². The summed E-state index contributed by atoms with van der Waals surface area (Å²) in [4.78, 5) is 2.48. The molecule has 1 atom stereocenters. The van der Waals surface area contributed by atoms with E-state index in [0.29, 0.717) is 12.6 Å². The Labute approximate surface area is 171 Å². The van der Waals surface area contributed by atoms with Gasteiger partial charge in [0.05, 0.1) is 13.7 Å². The lowest BCUT2D eigenvalue weighted by Crippen LogP contribution is -2.41. The van der Waals surface area contributed by atoms with Gasteiger partial charge < -0.3 is 10.1 Å². The van der Waals surface area contributed by atoms with E-state index < -0.39 is 0 Å². The second-order valence-corrected chi connectivity index (χ2v) is 7.58. The van der Waals surface area contributed by atoms with Crippen LogP contribution in [0.2, 0.25) is 0 Å². The number of halogens is 1. The molecule has 1 N–H and O–H groups in total. The molecule has 3 aromatic rings. The SMILES string of the molecule is COc1ccc(CN2CCC[C@H](Nc3ccc(F)cc3)C2)cc1Cn1cccn1. The highest BCUT2D eigenvalue weighted by Gasteiger charge is 2.20. The van der Waals surface area contributed by atoms with Crippen LogP contribution in [0.15, 0.2) is 60.9 Å². The average molecular weight is 394 g/mol. The number of benzene rings is 2. The van der Waals surface area contributed by atoms with Gasteiger partial charge in [-0.15, -0.1) is 0 Å². The van der Waals surface area contributed by atoms with Crippen LogP contribution >= 0.6 is 0 Å².